The Labute approximate surface area is 149 Å². The maximum Gasteiger partial charge on any atom is 0.254 e. The van der Waals surface area contributed by atoms with Crippen molar-refractivity contribution >= 4 is 16.8 Å². The van der Waals surface area contributed by atoms with Crippen molar-refractivity contribution in [2.75, 3.05) is 13.2 Å². The van der Waals surface area contributed by atoms with Crippen molar-refractivity contribution in [3.05, 3.63) is 40.6 Å². The van der Waals surface area contributed by atoms with Gasteiger partial charge in [0, 0.05) is 30.3 Å². The van der Waals surface area contributed by atoms with Gasteiger partial charge in [-0.05, 0) is 70.1 Å². The number of likely N-dealkylation sites (tertiary alicyclic amines) is 1. The van der Waals surface area contributed by atoms with E-state index in [0.29, 0.717) is 0 Å². The highest BCUT2D eigenvalue weighted by Gasteiger charge is 2.28. The van der Waals surface area contributed by atoms with Gasteiger partial charge in [0.1, 0.15) is 0 Å². The molecule has 4 nitrogen and oxygen atoms in total. The van der Waals surface area contributed by atoms with Crippen molar-refractivity contribution in [2.45, 2.75) is 58.9 Å². The molecule has 1 N–H and O–H groups in total. The van der Waals surface area contributed by atoms with Crippen LogP contribution in [0.15, 0.2) is 18.2 Å². The number of piperidine rings is 1. The Hall–Kier alpha value is -1.94. The zero-order valence-corrected chi connectivity index (χ0v) is 15.5. The fourth-order valence-corrected chi connectivity index (χ4v) is 3.88. The molecule has 3 rings (SSSR count). The molecule has 4 heteroatoms. The Bertz CT molecular complexity index is 785. The number of benzene rings is 1. The van der Waals surface area contributed by atoms with Crippen LogP contribution in [-0.4, -0.2) is 40.1 Å². The van der Waals surface area contributed by atoms with Gasteiger partial charge in [-0.1, -0.05) is 12.1 Å². The Kier molecular flexibility index (Phi) is 5.38. The highest BCUT2D eigenvalue weighted by molar-refractivity contribution is 6.07. The zero-order valence-electron chi connectivity index (χ0n) is 15.5. The van der Waals surface area contributed by atoms with Crippen molar-refractivity contribution in [1.82, 2.24) is 9.88 Å². The van der Waals surface area contributed by atoms with Gasteiger partial charge in [0.2, 0.25) is 0 Å². The van der Waals surface area contributed by atoms with E-state index in [2.05, 4.69) is 24.9 Å². The lowest BCUT2D eigenvalue weighted by Gasteiger charge is -2.36. The standard InChI is InChI=1S/C21H28N2O2/c1-14-9-10-18-19(13-15(2)22-20(18)16(14)3)21(25)23-11-5-4-7-17(23)8-6-12-24/h9-10,13,17,24H,4-8,11-12H2,1-3H3/t17-/m0/s1. The van der Waals surface area contributed by atoms with Gasteiger partial charge >= 0.3 is 0 Å². The lowest BCUT2D eigenvalue weighted by atomic mass is 9.95. The van der Waals surface area contributed by atoms with Crippen LogP contribution in [0.3, 0.4) is 0 Å². The minimum absolute atomic E-state index is 0.112. The first-order chi connectivity index (χ1) is 12.0. The average molecular weight is 340 g/mol. The van der Waals surface area contributed by atoms with Crippen molar-refractivity contribution < 1.29 is 9.90 Å². The highest BCUT2D eigenvalue weighted by Crippen LogP contribution is 2.28. The van der Waals surface area contributed by atoms with Crippen LogP contribution >= 0.6 is 0 Å². The monoisotopic (exact) mass is 340 g/mol. The maximum atomic E-state index is 13.4. The third-order valence-electron chi connectivity index (χ3n) is 5.45. The van der Waals surface area contributed by atoms with E-state index in [4.69, 9.17) is 5.11 Å². The van der Waals surface area contributed by atoms with Gasteiger partial charge in [-0.3, -0.25) is 9.78 Å². The van der Waals surface area contributed by atoms with Crippen LogP contribution in [0.2, 0.25) is 0 Å². The summed E-state index contributed by atoms with van der Waals surface area (Å²) in [4.78, 5) is 20.1. The molecule has 1 amide bonds. The van der Waals surface area contributed by atoms with Crippen LogP contribution in [0, 0.1) is 20.8 Å². The molecule has 1 aromatic heterocycles. The number of aliphatic hydroxyl groups excluding tert-OH is 1. The molecule has 0 saturated carbocycles. The fourth-order valence-electron chi connectivity index (χ4n) is 3.88. The molecular formula is C21H28N2O2. The number of hydrogen-bond acceptors (Lipinski definition) is 3. The van der Waals surface area contributed by atoms with E-state index in [0.717, 1.165) is 66.4 Å². The second-order valence-corrected chi connectivity index (χ2v) is 7.23. The summed E-state index contributed by atoms with van der Waals surface area (Å²) in [5.74, 6) is 0.112. The summed E-state index contributed by atoms with van der Waals surface area (Å²) in [6, 6.07) is 6.27. The van der Waals surface area contributed by atoms with E-state index in [9.17, 15) is 4.79 Å². The first-order valence-corrected chi connectivity index (χ1v) is 9.32. The van der Waals surface area contributed by atoms with E-state index >= 15 is 0 Å². The predicted molar refractivity (Wildman–Crippen MR) is 101 cm³/mol. The van der Waals surface area contributed by atoms with Crippen LogP contribution in [-0.2, 0) is 0 Å². The number of carbonyl (C=O) groups is 1. The highest BCUT2D eigenvalue weighted by atomic mass is 16.3. The molecule has 2 heterocycles. The number of aliphatic hydroxyl groups is 1. The smallest absolute Gasteiger partial charge is 0.254 e. The molecule has 0 aliphatic carbocycles. The molecule has 1 saturated heterocycles. The van der Waals surface area contributed by atoms with Gasteiger partial charge in [-0.15, -0.1) is 0 Å². The van der Waals surface area contributed by atoms with Crippen LogP contribution in [0.1, 0.15) is 59.3 Å². The van der Waals surface area contributed by atoms with Crippen molar-refractivity contribution in [2.24, 2.45) is 0 Å². The number of hydrogen-bond donors (Lipinski definition) is 1. The Balaban J connectivity index is 2.02. The molecule has 0 unspecified atom stereocenters. The van der Waals surface area contributed by atoms with Crippen LogP contribution in [0.4, 0.5) is 0 Å². The number of carbonyl (C=O) groups excluding carboxylic acids is 1. The Morgan fingerprint density at radius 2 is 2.08 bits per heavy atom. The molecule has 1 atom stereocenters. The summed E-state index contributed by atoms with van der Waals surface area (Å²) < 4.78 is 0. The lowest BCUT2D eigenvalue weighted by molar-refractivity contribution is 0.0592. The quantitative estimate of drug-likeness (QED) is 0.917. The van der Waals surface area contributed by atoms with E-state index in [1.165, 1.54) is 5.56 Å². The SMILES string of the molecule is Cc1cc(C(=O)N2CCCC[C@H]2CCCO)c2ccc(C)c(C)c2n1. The summed E-state index contributed by atoms with van der Waals surface area (Å²) in [5, 5.41) is 10.1. The molecule has 1 aromatic carbocycles. The summed E-state index contributed by atoms with van der Waals surface area (Å²) >= 11 is 0. The van der Waals surface area contributed by atoms with Crippen LogP contribution in [0.25, 0.3) is 10.9 Å². The number of nitrogens with zero attached hydrogens (tertiary/aromatic N) is 2. The molecule has 2 aromatic rings. The number of pyridine rings is 1. The summed E-state index contributed by atoms with van der Waals surface area (Å²) in [6.07, 6.45) is 4.88. The molecular weight excluding hydrogens is 312 g/mol. The number of aromatic nitrogens is 1. The van der Waals surface area contributed by atoms with E-state index in [1.54, 1.807) is 0 Å². The van der Waals surface area contributed by atoms with Gasteiger partial charge in [0.05, 0.1) is 11.1 Å². The molecule has 1 fully saturated rings. The second kappa shape index (κ2) is 7.52. The van der Waals surface area contributed by atoms with Crippen LogP contribution in [0.5, 0.6) is 0 Å². The molecule has 1 aliphatic heterocycles. The third kappa shape index (κ3) is 3.54. The van der Waals surface area contributed by atoms with Gasteiger partial charge < -0.3 is 10.0 Å². The van der Waals surface area contributed by atoms with Gasteiger partial charge in [0.25, 0.3) is 5.91 Å². The first kappa shape index (κ1) is 17.9. The lowest BCUT2D eigenvalue weighted by Crippen LogP contribution is -2.44. The normalized spacial score (nSPS) is 17.9. The van der Waals surface area contributed by atoms with E-state index in [1.807, 2.05) is 24.0 Å². The molecule has 0 radical (unpaired) electrons. The number of amides is 1. The van der Waals surface area contributed by atoms with Crippen molar-refractivity contribution in [3.63, 3.8) is 0 Å². The second-order valence-electron chi connectivity index (χ2n) is 7.23. The minimum atomic E-state index is 0.112. The van der Waals surface area contributed by atoms with Gasteiger partial charge in [-0.25, -0.2) is 0 Å². The van der Waals surface area contributed by atoms with Crippen molar-refractivity contribution in [3.8, 4) is 0 Å². The topological polar surface area (TPSA) is 53.4 Å². The third-order valence-corrected chi connectivity index (χ3v) is 5.45. The van der Waals surface area contributed by atoms with E-state index < -0.39 is 0 Å². The molecule has 134 valence electrons. The maximum absolute atomic E-state index is 13.4. The van der Waals surface area contributed by atoms with Gasteiger partial charge in [0.15, 0.2) is 0 Å². The first-order valence-electron chi connectivity index (χ1n) is 9.32. The fraction of sp³-hybridized carbons (Fsp3) is 0.524. The average Bonchev–Trinajstić information content (AvgIpc) is 2.62. The van der Waals surface area contributed by atoms with Crippen molar-refractivity contribution in [1.29, 1.82) is 0 Å². The number of fused-ring (bicyclic) bond motifs is 1. The molecule has 1 aliphatic rings. The van der Waals surface area contributed by atoms with Crippen LogP contribution < -0.4 is 0 Å². The summed E-state index contributed by atoms with van der Waals surface area (Å²) in [5.41, 5.74) is 4.93. The summed E-state index contributed by atoms with van der Waals surface area (Å²) in [7, 11) is 0. The number of aryl methyl sites for hydroxylation is 3. The Morgan fingerprint density at radius 1 is 1.28 bits per heavy atom. The summed E-state index contributed by atoms with van der Waals surface area (Å²) in [6.45, 7) is 7.10. The Morgan fingerprint density at radius 3 is 2.84 bits per heavy atom. The molecule has 25 heavy (non-hydrogen) atoms. The molecule has 0 spiro atoms. The zero-order chi connectivity index (χ0) is 18.0. The predicted octanol–water partition coefficient (Wildman–Crippen LogP) is 3.93. The minimum Gasteiger partial charge on any atom is -0.396 e. The largest absolute Gasteiger partial charge is 0.396 e. The molecule has 0 bridgehead atoms. The van der Waals surface area contributed by atoms with E-state index in [-0.39, 0.29) is 18.6 Å². The number of rotatable bonds is 4. The van der Waals surface area contributed by atoms with Gasteiger partial charge in [-0.2, -0.15) is 0 Å².